The summed E-state index contributed by atoms with van der Waals surface area (Å²) < 4.78 is 34.3. The monoisotopic (exact) mass is 500 g/mol. The molecule has 7 heteroatoms. The Morgan fingerprint density at radius 3 is 1.89 bits per heavy atom. The molecule has 0 unspecified atom stereocenters. The standard InChI is InChI=1S/C29H28N2O4S/c1-22-18-19-26(35-2)27(20-22)36(33,34)31(25-16-10-5-11-17-25)21-28(32)30-29(23-12-6-3-7-13-23)24-14-8-4-9-15-24/h3-20,29H,21H2,1-2H3,(H,30,32). The fourth-order valence-electron chi connectivity index (χ4n) is 4.00. The highest BCUT2D eigenvalue weighted by molar-refractivity contribution is 7.93. The molecule has 0 heterocycles. The fraction of sp³-hybridized carbons (Fsp3) is 0.138. The SMILES string of the molecule is COc1ccc(C)cc1S(=O)(=O)N(CC(=O)NC(c1ccccc1)c1ccccc1)c1ccccc1. The molecule has 4 rings (SSSR count). The van der Waals surface area contributed by atoms with E-state index in [1.165, 1.54) is 7.11 Å². The molecule has 4 aromatic carbocycles. The summed E-state index contributed by atoms with van der Waals surface area (Å²) in [6.45, 7) is 1.40. The van der Waals surface area contributed by atoms with Crippen molar-refractivity contribution in [2.75, 3.05) is 18.0 Å². The average Bonchev–Trinajstić information content (AvgIpc) is 2.91. The van der Waals surface area contributed by atoms with Crippen LogP contribution in [0.2, 0.25) is 0 Å². The molecule has 0 aromatic heterocycles. The van der Waals surface area contributed by atoms with Crippen molar-refractivity contribution in [3.63, 3.8) is 0 Å². The van der Waals surface area contributed by atoms with Crippen molar-refractivity contribution >= 4 is 21.6 Å². The van der Waals surface area contributed by atoms with E-state index in [9.17, 15) is 13.2 Å². The Morgan fingerprint density at radius 2 is 1.36 bits per heavy atom. The maximum Gasteiger partial charge on any atom is 0.268 e. The van der Waals surface area contributed by atoms with E-state index in [0.717, 1.165) is 21.0 Å². The van der Waals surface area contributed by atoms with Crippen LogP contribution >= 0.6 is 0 Å². The van der Waals surface area contributed by atoms with Crippen LogP contribution in [0.5, 0.6) is 5.75 Å². The summed E-state index contributed by atoms with van der Waals surface area (Å²) in [7, 11) is -2.71. The Balaban J connectivity index is 1.70. The van der Waals surface area contributed by atoms with Crippen LogP contribution in [-0.4, -0.2) is 28.0 Å². The molecule has 36 heavy (non-hydrogen) atoms. The van der Waals surface area contributed by atoms with Crippen LogP contribution in [0.25, 0.3) is 0 Å². The van der Waals surface area contributed by atoms with Gasteiger partial charge in [-0.3, -0.25) is 9.10 Å². The van der Waals surface area contributed by atoms with Crippen molar-refractivity contribution in [2.24, 2.45) is 0 Å². The number of anilines is 1. The van der Waals surface area contributed by atoms with Gasteiger partial charge in [0.15, 0.2) is 0 Å². The number of hydrogen-bond acceptors (Lipinski definition) is 4. The first-order valence-corrected chi connectivity index (χ1v) is 13.0. The Bertz CT molecular complexity index is 1370. The minimum atomic E-state index is -4.13. The van der Waals surface area contributed by atoms with Gasteiger partial charge in [0.1, 0.15) is 17.2 Å². The van der Waals surface area contributed by atoms with Gasteiger partial charge in [0.2, 0.25) is 5.91 Å². The van der Waals surface area contributed by atoms with Gasteiger partial charge in [-0.15, -0.1) is 0 Å². The summed E-state index contributed by atoms with van der Waals surface area (Å²) >= 11 is 0. The smallest absolute Gasteiger partial charge is 0.268 e. The number of amides is 1. The number of hydrogen-bond donors (Lipinski definition) is 1. The third-order valence-electron chi connectivity index (χ3n) is 5.79. The number of para-hydroxylation sites is 1. The van der Waals surface area contributed by atoms with Gasteiger partial charge in [-0.1, -0.05) is 84.9 Å². The van der Waals surface area contributed by atoms with E-state index < -0.39 is 28.5 Å². The predicted octanol–water partition coefficient (Wildman–Crippen LogP) is 5.10. The maximum atomic E-state index is 13.9. The summed E-state index contributed by atoms with van der Waals surface area (Å²) in [6.07, 6.45) is 0. The van der Waals surface area contributed by atoms with Gasteiger partial charge in [-0.25, -0.2) is 8.42 Å². The fourth-order valence-corrected chi connectivity index (χ4v) is 5.67. The second-order valence-corrected chi connectivity index (χ2v) is 10.2. The first-order valence-electron chi connectivity index (χ1n) is 11.5. The lowest BCUT2D eigenvalue weighted by Crippen LogP contribution is -2.42. The lowest BCUT2D eigenvalue weighted by atomic mass is 9.99. The quantitative estimate of drug-likeness (QED) is 0.347. The Kier molecular flexibility index (Phi) is 7.71. The largest absolute Gasteiger partial charge is 0.495 e. The van der Waals surface area contributed by atoms with Crippen LogP contribution < -0.4 is 14.4 Å². The third kappa shape index (κ3) is 5.58. The number of carbonyl (C=O) groups excluding carboxylic acids is 1. The van der Waals surface area contributed by atoms with Crippen LogP contribution in [0.15, 0.2) is 114 Å². The minimum absolute atomic E-state index is 0.00400. The van der Waals surface area contributed by atoms with Gasteiger partial charge in [-0.05, 0) is 47.9 Å². The minimum Gasteiger partial charge on any atom is -0.495 e. The Hall–Kier alpha value is -4.10. The summed E-state index contributed by atoms with van der Waals surface area (Å²) in [5.41, 5.74) is 2.94. The highest BCUT2D eigenvalue weighted by Crippen LogP contribution is 2.31. The molecule has 184 valence electrons. The van der Waals surface area contributed by atoms with Crippen LogP contribution in [0.3, 0.4) is 0 Å². The van der Waals surface area contributed by atoms with E-state index in [-0.39, 0.29) is 10.6 Å². The van der Waals surface area contributed by atoms with Crippen LogP contribution in [0.1, 0.15) is 22.7 Å². The third-order valence-corrected chi connectivity index (χ3v) is 7.58. The molecule has 0 bridgehead atoms. The van der Waals surface area contributed by atoms with Crippen molar-refractivity contribution in [3.05, 3.63) is 126 Å². The molecule has 0 aliphatic rings. The van der Waals surface area contributed by atoms with Gasteiger partial charge in [0.05, 0.1) is 18.8 Å². The maximum absolute atomic E-state index is 13.9. The van der Waals surface area contributed by atoms with Crippen molar-refractivity contribution in [3.8, 4) is 5.75 Å². The lowest BCUT2D eigenvalue weighted by molar-refractivity contribution is -0.120. The number of ether oxygens (including phenoxy) is 1. The van der Waals surface area contributed by atoms with Crippen LogP contribution in [-0.2, 0) is 14.8 Å². The zero-order valence-electron chi connectivity index (χ0n) is 20.2. The van der Waals surface area contributed by atoms with Gasteiger partial charge >= 0.3 is 0 Å². The van der Waals surface area contributed by atoms with Gasteiger partial charge < -0.3 is 10.1 Å². The van der Waals surface area contributed by atoms with E-state index in [4.69, 9.17) is 4.74 Å². The molecule has 4 aromatic rings. The van der Waals surface area contributed by atoms with Crippen molar-refractivity contribution in [1.29, 1.82) is 0 Å². The van der Waals surface area contributed by atoms with Crippen molar-refractivity contribution < 1.29 is 17.9 Å². The zero-order valence-corrected chi connectivity index (χ0v) is 21.0. The summed E-state index contributed by atoms with van der Waals surface area (Å²) in [5.74, 6) is -0.222. The second-order valence-electron chi connectivity index (χ2n) is 8.32. The normalized spacial score (nSPS) is 11.2. The van der Waals surface area contributed by atoms with Gasteiger partial charge in [0, 0.05) is 0 Å². The number of sulfonamides is 1. The molecule has 0 aliphatic heterocycles. The highest BCUT2D eigenvalue weighted by atomic mass is 32.2. The molecule has 0 atom stereocenters. The molecule has 0 aliphatic carbocycles. The Morgan fingerprint density at radius 1 is 0.833 bits per heavy atom. The van der Waals surface area contributed by atoms with Gasteiger partial charge in [0.25, 0.3) is 10.0 Å². The molecule has 0 saturated heterocycles. The molecule has 6 nitrogen and oxygen atoms in total. The molecule has 0 spiro atoms. The van der Waals surface area contributed by atoms with E-state index in [2.05, 4.69) is 5.32 Å². The summed E-state index contributed by atoms with van der Waals surface area (Å²) in [5, 5.41) is 3.04. The van der Waals surface area contributed by atoms with E-state index in [1.54, 1.807) is 48.5 Å². The number of nitrogens with zero attached hydrogens (tertiary/aromatic N) is 1. The molecule has 0 saturated carbocycles. The molecular weight excluding hydrogens is 472 g/mol. The topological polar surface area (TPSA) is 75.7 Å². The zero-order chi connectivity index (χ0) is 25.5. The number of methoxy groups -OCH3 is 1. The molecular formula is C29H28N2O4S. The highest BCUT2D eigenvalue weighted by Gasteiger charge is 2.31. The predicted molar refractivity (Wildman–Crippen MR) is 142 cm³/mol. The van der Waals surface area contributed by atoms with Crippen LogP contribution in [0.4, 0.5) is 5.69 Å². The van der Waals surface area contributed by atoms with E-state index in [1.807, 2.05) is 67.6 Å². The summed E-state index contributed by atoms with van der Waals surface area (Å²) in [6, 6.07) is 32.3. The van der Waals surface area contributed by atoms with E-state index >= 15 is 0 Å². The van der Waals surface area contributed by atoms with Crippen LogP contribution in [0, 0.1) is 6.92 Å². The second kappa shape index (κ2) is 11.1. The number of carbonyl (C=O) groups is 1. The number of nitrogens with one attached hydrogen (secondary N) is 1. The number of benzene rings is 4. The Labute approximate surface area is 212 Å². The molecule has 0 radical (unpaired) electrons. The molecule has 1 amide bonds. The first-order chi connectivity index (χ1) is 17.4. The lowest BCUT2D eigenvalue weighted by Gasteiger charge is -2.27. The number of aryl methyl sites for hydroxylation is 1. The van der Waals surface area contributed by atoms with Gasteiger partial charge in [-0.2, -0.15) is 0 Å². The first kappa shape index (κ1) is 25.0. The molecule has 1 N–H and O–H groups in total. The van der Waals surface area contributed by atoms with E-state index in [0.29, 0.717) is 5.69 Å². The average molecular weight is 501 g/mol. The summed E-state index contributed by atoms with van der Waals surface area (Å²) in [4.78, 5) is 13.4. The van der Waals surface area contributed by atoms with Crippen molar-refractivity contribution in [1.82, 2.24) is 5.32 Å². The van der Waals surface area contributed by atoms with Crippen molar-refractivity contribution in [2.45, 2.75) is 17.9 Å². The number of rotatable bonds is 9. The molecule has 0 fully saturated rings.